The maximum absolute atomic E-state index is 13.9. The number of nitrogens with one attached hydrogen (secondary N) is 2. The van der Waals surface area contributed by atoms with Crippen molar-refractivity contribution in [2.24, 2.45) is 0 Å². The zero-order chi connectivity index (χ0) is 14.1. The molecule has 1 unspecified atom stereocenters. The van der Waals surface area contributed by atoms with E-state index in [0.717, 1.165) is 56.0 Å². The monoisotopic (exact) mass is 278 g/mol. The van der Waals surface area contributed by atoms with Crippen molar-refractivity contribution in [3.8, 4) is 0 Å². The Balaban J connectivity index is 2.14. The van der Waals surface area contributed by atoms with Gasteiger partial charge in [0, 0.05) is 23.2 Å². The molecule has 1 heterocycles. The SMILES string of the molecule is CCCNC1CCCCc2[nH]c3c(F)cc(F)cc3c21. The zero-order valence-electron chi connectivity index (χ0n) is 11.7. The Morgan fingerprint density at radius 3 is 2.95 bits per heavy atom. The highest BCUT2D eigenvalue weighted by atomic mass is 19.1. The van der Waals surface area contributed by atoms with Crippen LogP contribution in [0, 0.1) is 11.6 Å². The lowest BCUT2D eigenvalue weighted by Crippen LogP contribution is -2.22. The third-order valence-corrected chi connectivity index (χ3v) is 4.10. The summed E-state index contributed by atoms with van der Waals surface area (Å²) in [4.78, 5) is 3.18. The maximum atomic E-state index is 13.9. The molecule has 0 fully saturated rings. The van der Waals surface area contributed by atoms with Crippen LogP contribution in [-0.2, 0) is 6.42 Å². The summed E-state index contributed by atoms with van der Waals surface area (Å²) in [6.07, 6.45) is 5.22. The van der Waals surface area contributed by atoms with Crippen LogP contribution in [0.25, 0.3) is 10.9 Å². The molecule has 1 aromatic heterocycles. The second-order valence-corrected chi connectivity index (χ2v) is 5.58. The predicted molar refractivity (Wildman–Crippen MR) is 76.8 cm³/mol. The highest BCUT2D eigenvalue weighted by molar-refractivity contribution is 5.86. The molecule has 1 aliphatic carbocycles. The zero-order valence-corrected chi connectivity index (χ0v) is 11.7. The number of aromatic nitrogens is 1. The number of aromatic amines is 1. The van der Waals surface area contributed by atoms with Crippen molar-refractivity contribution in [3.63, 3.8) is 0 Å². The molecule has 20 heavy (non-hydrogen) atoms. The predicted octanol–water partition coefficient (Wildman–Crippen LogP) is 4.21. The summed E-state index contributed by atoms with van der Waals surface area (Å²) < 4.78 is 27.5. The Hall–Kier alpha value is -1.42. The molecule has 3 rings (SSSR count). The number of hydrogen-bond acceptors (Lipinski definition) is 1. The van der Waals surface area contributed by atoms with E-state index in [2.05, 4.69) is 17.2 Å². The molecule has 108 valence electrons. The van der Waals surface area contributed by atoms with Crippen LogP contribution in [0.4, 0.5) is 8.78 Å². The van der Waals surface area contributed by atoms with E-state index in [4.69, 9.17) is 0 Å². The number of fused-ring (bicyclic) bond motifs is 3. The van der Waals surface area contributed by atoms with E-state index in [1.54, 1.807) is 0 Å². The molecule has 2 N–H and O–H groups in total. The van der Waals surface area contributed by atoms with E-state index < -0.39 is 11.6 Å². The summed E-state index contributed by atoms with van der Waals surface area (Å²) in [6.45, 7) is 3.05. The van der Waals surface area contributed by atoms with Crippen LogP contribution in [0.5, 0.6) is 0 Å². The summed E-state index contributed by atoms with van der Waals surface area (Å²) in [5, 5.41) is 4.22. The number of hydrogen-bond donors (Lipinski definition) is 2. The second-order valence-electron chi connectivity index (χ2n) is 5.58. The molecule has 0 aliphatic heterocycles. The first-order chi connectivity index (χ1) is 9.70. The van der Waals surface area contributed by atoms with Gasteiger partial charge >= 0.3 is 0 Å². The largest absolute Gasteiger partial charge is 0.356 e. The lowest BCUT2D eigenvalue weighted by Gasteiger charge is -2.17. The summed E-state index contributed by atoms with van der Waals surface area (Å²) in [5.74, 6) is -1.00. The molecule has 1 aromatic carbocycles. The van der Waals surface area contributed by atoms with Crippen molar-refractivity contribution in [3.05, 3.63) is 35.0 Å². The van der Waals surface area contributed by atoms with Gasteiger partial charge in [0.2, 0.25) is 0 Å². The average Bonchev–Trinajstić information content (AvgIpc) is 2.65. The van der Waals surface area contributed by atoms with Gasteiger partial charge in [-0.05, 0) is 43.9 Å². The molecule has 1 aliphatic rings. The van der Waals surface area contributed by atoms with E-state index in [0.29, 0.717) is 10.9 Å². The first-order valence-corrected chi connectivity index (χ1v) is 7.43. The summed E-state index contributed by atoms with van der Waals surface area (Å²) >= 11 is 0. The van der Waals surface area contributed by atoms with Crippen molar-refractivity contribution in [1.82, 2.24) is 10.3 Å². The van der Waals surface area contributed by atoms with Crippen LogP contribution in [0.3, 0.4) is 0 Å². The number of aryl methyl sites for hydroxylation is 1. The van der Waals surface area contributed by atoms with Gasteiger partial charge in [-0.2, -0.15) is 0 Å². The Morgan fingerprint density at radius 2 is 2.15 bits per heavy atom. The third-order valence-electron chi connectivity index (χ3n) is 4.10. The minimum absolute atomic E-state index is 0.197. The van der Waals surface area contributed by atoms with E-state index >= 15 is 0 Å². The lowest BCUT2D eigenvalue weighted by molar-refractivity contribution is 0.492. The highest BCUT2D eigenvalue weighted by Gasteiger charge is 2.24. The summed E-state index contributed by atoms with van der Waals surface area (Å²) in [6, 6.07) is 2.61. The Labute approximate surface area is 117 Å². The van der Waals surface area contributed by atoms with Crippen molar-refractivity contribution in [1.29, 1.82) is 0 Å². The third kappa shape index (κ3) is 2.33. The first kappa shape index (κ1) is 13.6. The Morgan fingerprint density at radius 1 is 1.30 bits per heavy atom. The first-order valence-electron chi connectivity index (χ1n) is 7.43. The minimum atomic E-state index is -0.504. The standard InChI is InChI=1S/C16H20F2N2/c1-2-7-19-13-5-3-4-6-14-15(13)11-8-10(17)9-12(18)16(11)20-14/h8-9,13,19-20H,2-7H2,1H3. The fourth-order valence-electron chi connectivity index (χ4n) is 3.21. The summed E-state index contributed by atoms with van der Waals surface area (Å²) in [5.41, 5.74) is 2.58. The summed E-state index contributed by atoms with van der Waals surface area (Å²) in [7, 11) is 0. The topological polar surface area (TPSA) is 27.8 Å². The van der Waals surface area contributed by atoms with Crippen LogP contribution < -0.4 is 5.32 Å². The normalized spacial score (nSPS) is 19.1. The average molecular weight is 278 g/mol. The van der Waals surface area contributed by atoms with Gasteiger partial charge in [-0.1, -0.05) is 13.3 Å². The molecule has 0 saturated heterocycles. The molecular weight excluding hydrogens is 258 g/mol. The van der Waals surface area contributed by atoms with Gasteiger partial charge in [0.05, 0.1) is 5.52 Å². The maximum Gasteiger partial charge on any atom is 0.150 e. The molecule has 1 atom stereocenters. The number of halogens is 2. The minimum Gasteiger partial charge on any atom is -0.356 e. The van der Waals surface area contributed by atoms with Crippen molar-refractivity contribution < 1.29 is 8.78 Å². The van der Waals surface area contributed by atoms with E-state index in [1.807, 2.05) is 0 Å². The Kier molecular flexibility index (Phi) is 3.74. The molecule has 0 radical (unpaired) electrons. The van der Waals surface area contributed by atoms with Gasteiger partial charge in [0.15, 0.2) is 0 Å². The number of rotatable bonds is 3. The fraction of sp³-hybridized carbons (Fsp3) is 0.500. The van der Waals surface area contributed by atoms with Gasteiger partial charge in [-0.15, -0.1) is 0 Å². The van der Waals surface area contributed by atoms with Crippen molar-refractivity contribution >= 4 is 10.9 Å². The molecule has 0 amide bonds. The molecule has 2 nitrogen and oxygen atoms in total. The van der Waals surface area contributed by atoms with Gasteiger partial charge in [-0.25, -0.2) is 8.78 Å². The second kappa shape index (κ2) is 5.52. The lowest BCUT2D eigenvalue weighted by atomic mass is 10.0. The van der Waals surface area contributed by atoms with Crippen LogP contribution >= 0.6 is 0 Å². The van der Waals surface area contributed by atoms with Crippen molar-refractivity contribution in [2.45, 2.75) is 45.1 Å². The molecule has 0 spiro atoms. The molecule has 4 heteroatoms. The van der Waals surface area contributed by atoms with Gasteiger partial charge in [0.1, 0.15) is 11.6 Å². The van der Waals surface area contributed by atoms with Crippen LogP contribution in [0.15, 0.2) is 12.1 Å². The Bertz CT molecular complexity index is 618. The number of H-pyrrole nitrogens is 1. The van der Waals surface area contributed by atoms with Crippen molar-refractivity contribution in [2.75, 3.05) is 6.54 Å². The molecule has 0 saturated carbocycles. The van der Waals surface area contributed by atoms with Crippen LogP contribution in [0.2, 0.25) is 0 Å². The van der Waals surface area contributed by atoms with E-state index in [1.165, 1.54) is 6.07 Å². The van der Waals surface area contributed by atoms with Gasteiger partial charge < -0.3 is 10.3 Å². The number of benzene rings is 1. The smallest absolute Gasteiger partial charge is 0.150 e. The quantitative estimate of drug-likeness (QED) is 0.809. The van der Waals surface area contributed by atoms with E-state index in [9.17, 15) is 8.78 Å². The molecular formula is C16H20F2N2. The van der Waals surface area contributed by atoms with Gasteiger partial charge in [-0.3, -0.25) is 0 Å². The van der Waals surface area contributed by atoms with E-state index in [-0.39, 0.29) is 6.04 Å². The van der Waals surface area contributed by atoms with Crippen LogP contribution in [-0.4, -0.2) is 11.5 Å². The van der Waals surface area contributed by atoms with Gasteiger partial charge in [0.25, 0.3) is 0 Å². The fourth-order valence-corrected chi connectivity index (χ4v) is 3.21. The molecule has 2 aromatic rings. The van der Waals surface area contributed by atoms with Crippen LogP contribution in [0.1, 0.15) is 49.9 Å². The highest BCUT2D eigenvalue weighted by Crippen LogP contribution is 2.36. The molecule has 0 bridgehead atoms.